The summed E-state index contributed by atoms with van der Waals surface area (Å²) in [5.41, 5.74) is 2.22. The highest BCUT2D eigenvalue weighted by molar-refractivity contribution is 8.08. The van der Waals surface area contributed by atoms with E-state index in [1.807, 2.05) is 40.6 Å². The van der Waals surface area contributed by atoms with Crippen LogP contribution in [-0.4, -0.2) is 23.3 Å². The number of pyridine rings is 1. The average Bonchev–Trinajstić information content (AvgIpc) is 3.30. The molecule has 7 heteroatoms. The van der Waals surface area contributed by atoms with Crippen LogP contribution in [0.25, 0.3) is 21.9 Å². The fourth-order valence-corrected chi connectivity index (χ4v) is 6.62. The zero-order valence-electron chi connectivity index (χ0n) is 18.0. The maximum absolute atomic E-state index is 13.4. The number of aliphatic hydroxyl groups excluding tert-OH is 1. The quantitative estimate of drug-likeness (QED) is 0.474. The molecule has 2 aromatic carbocycles. The third kappa shape index (κ3) is 3.56. The number of hydrogen-bond donors (Lipinski definition) is 1. The van der Waals surface area contributed by atoms with Crippen LogP contribution in [-0.2, 0) is 13.1 Å². The van der Waals surface area contributed by atoms with Gasteiger partial charge in [0.05, 0.1) is 10.4 Å². The second-order valence-corrected chi connectivity index (χ2v) is 9.72. The molecule has 0 saturated heterocycles. The molecule has 0 spiro atoms. The molecule has 0 aliphatic carbocycles. The number of thioether (sulfide) groups is 1. The molecule has 5 nitrogen and oxygen atoms in total. The Balaban J connectivity index is 1.68. The van der Waals surface area contributed by atoms with Crippen LogP contribution in [0.3, 0.4) is 0 Å². The van der Waals surface area contributed by atoms with Crippen LogP contribution in [0.2, 0.25) is 0 Å². The van der Waals surface area contributed by atoms with Gasteiger partial charge in [0.2, 0.25) is 0 Å². The van der Waals surface area contributed by atoms with Crippen molar-refractivity contribution in [1.29, 1.82) is 0 Å². The number of hydrogen-bond acceptors (Lipinski definition) is 5. The second-order valence-electron chi connectivity index (χ2n) is 7.66. The minimum atomic E-state index is 0.0503. The first-order valence-electron chi connectivity index (χ1n) is 10.6. The Labute approximate surface area is 194 Å². The van der Waals surface area contributed by atoms with Crippen molar-refractivity contribution in [2.45, 2.75) is 24.9 Å². The summed E-state index contributed by atoms with van der Waals surface area (Å²) in [6.45, 7) is 3.25. The Morgan fingerprint density at radius 2 is 1.97 bits per heavy atom. The Bertz CT molecular complexity index is 1500. The molecule has 4 aromatic rings. The van der Waals surface area contributed by atoms with Gasteiger partial charge in [0.1, 0.15) is 16.2 Å². The summed E-state index contributed by atoms with van der Waals surface area (Å²) >= 11 is 3.21. The van der Waals surface area contributed by atoms with E-state index >= 15 is 0 Å². The van der Waals surface area contributed by atoms with Crippen molar-refractivity contribution in [3.63, 3.8) is 0 Å². The van der Waals surface area contributed by atoms with Gasteiger partial charge in [0.25, 0.3) is 5.56 Å². The van der Waals surface area contributed by atoms with E-state index in [-0.39, 0.29) is 12.2 Å². The highest BCUT2D eigenvalue weighted by Crippen LogP contribution is 2.48. The molecule has 1 N–H and O–H groups in total. The van der Waals surface area contributed by atoms with Crippen LogP contribution in [0.15, 0.2) is 70.6 Å². The maximum Gasteiger partial charge on any atom is 0.271 e. The van der Waals surface area contributed by atoms with Gasteiger partial charge in [-0.2, -0.15) is 0 Å². The monoisotopic (exact) mass is 462 g/mol. The number of aromatic nitrogens is 2. The molecule has 0 amide bonds. The zero-order chi connectivity index (χ0) is 22.2. The van der Waals surface area contributed by atoms with Gasteiger partial charge in [-0.3, -0.25) is 9.36 Å². The highest BCUT2D eigenvalue weighted by Gasteiger charge is 2.26. The van der Waals surface area contributed by atoms with Gasteiger partial charge in [0.15, 0.2) is 18.9 Å². The van der Waals surface area contributed by atoms with Gasteiger partial charge in [-0.1, -0.05) is 42.1 Å². The summed E-state index contributed by atoms with van der Waals surface area (Å²) in [4.78, 5) is 16.7. The Hall–Kier alpha value is -2.87. The average molecular weight is 463 g/mol. The maximum atomic E-state index is 13.4. The minimum absolute atomic E-state index is 0.0503. The SMILES string of the molecule is CCn1c(=O)/c(=C2\Sc3ccc4ccccc4c3N2C)s/c1=C\c1ccc[n+](CCO)c1. The second kappa shape index (κ2) is 8.58. The molecule has 0 fully saturated rings. The number of rotatable bonds is 4. The van der Waals surface area contributed by atoms with E-state index in [4.69, 9.17) is 0 Å². The van der Waals surface area contributed by atoms with Gasteiger partial charge >= 0.3 is 0 Å². The van der Waals surface area contributed by atoms with Crippen molar-refractivity contribution in [1.82, 2.24) is 4.57 Å². The van der Waals surface area contributed by atoms with E-state index in [1.165, 1.54) is 27.0 Å². The van der Waals surface area contributed by atoms with Crippen molar-refractivity contribution >= 4 is 50.7 Å². The number of aliphatic hydroxyl groups is 1. The molecule has 3 heterocycles. The standard InChI is InChI=1S/C25H24N3O2S2/c1-3-28-21(15-17-7-6-12-27(16-17)13-14-29)32-23(24(28)30)25-26(2)22-19-9-5-4-8-18(19)10-11-20(22)31-25/h4-12,15-16,29H,3,13-14H2,1-2H3/q+1/b21-15-,25-23+. The van der Waals surface area contributed by atoms with Gasteiger partial charge in [-0.25, -0.2) is 4.57 Å². The Kier molecular flexibility index (Phi) is 5.63. The molecular weight excluding hydrogens is 438 g/mol. The Morgan fingerprint density at radius 3 is 2.78 bits per heavy atom. The molecule has 0 bridgehead atoms. The van der Waals surface area contributed by atoms with E-state index in [0.29, 0.717) is 13.1 Å². The van der Waals surface area contributed by atoms with Crippen LogP contribution in [0.5, 0.6) is 0 Å². The molecule has 0 saturated carbocycles. The molecule has 32 heavy (non-hydrogen) atoms. The summed E-state index contributed by atoms with van der Waals surface area (Å²) in [7, 11) is 2.05. The van der Waals surface area contributed by atoms with Crippen LogP contribution >= 0.6 is 23.1 Å². The van der Waals surface area contributed by atoms with Crippen molar-refractivity contribution in [3.8, 4) is 0 Å². The molecule has 5 rings (SSSR count). The fraction of sp³-hybridized carbons (Fsp3) is 0.200. The smallest absolute Gasteiger partial charge is 0.271 e. The van der Waals surface area contributed by atoms with Crippen molar-refractivity contribution in [2.24, 2.45) is 0 Å². The molecule has 1 aliphatic heterocycles. The number of nitrogens with zero attached hydrogens (tertiary/aromatic N) is 3. The normalized spacial score (nSPS) is 15.6. The molecule has 0 unspecified atom stereocenters. The van der Waals surface area contributed by atoms with Gasteiger partial charge in [-0.05, 0) is 30.5 Å². The molecule has 1 aliphatic rings. The van der Waals surface area contributed by atoms with E-state index in [2.05, 4.69) is 54.4 Å². The summed E-state index contributed by atoms with van der Waals surface area (Å²) in [5, 5.41) is 12.6. The fourth-order valence-electron chi connectivity index (χ4n) is 4.13. The summed E-state index contributed by atoms with van der Waals surface area (Å²) in [6.07, 6.45) is 5.98. The third-order valence-electron chi connectivity index (χ3n) is 5.66. The first-order chi connectivity index (χ1) is 15.6. The van der Waals surface area contributed by atoms with E-state index < -0.39 is 0 Å². The van der Waals surface area contributed by atoms with Crippen LogP contribution in [0.4, 0.5) is 5.69 Å². The van der Waals surface area contributed by atoms with Gasteiger partial charge in [-0.15, -0.1) is 11.3 Å². The lowest BCUT2D eigenvalue weighted by molar-refractivity contribution is -0.698. The molecule has 0 radical (unpaired) electrons. The lowest BCUT2D eigenvalue weighted by atomic mass is 10.1. The van der Waals surface area contributed by atoms with E-state index in [9.17, 15) is 9.90 Å². The molecule has 2 aromatic heterocycles. The highest BCUT2D eigenvalue weighted by atomic mass is 32.2. The number of fused-ring (bicyclic) bond motifs is 3. The molecular formula is C25H24N3O2S2+. The van der Waals surface area contributed by atoms with Gasteiger partial charge in [0, 0.05) is 35.5 Å². The summed E-state index contributed by atoms with van der Waals surface area (Å²) in [6, 6.07) is 16.6. The summed E-state index contributed by atoms with van der Waals surface area (Å²) in [5.74, 6) is 0. The topological polar surface area (TPSA) is 49.4 Å². The number of anilines is 1. The van der Waals surface area contributed by atoms with Crippen LogP contribution in [0.1, 0.15) is 12.5 Å². The van der Waals surface area contributed by atoms with Crippen molar-refractivity contribution in [2.75, 3.05) is 18.6 Å². The predicted octanol–water partition coefficient (Wildman–Crippen LogP) is 2.50. The number of thiazole rings is 1. The molecule has 162 valence electrons. The predicted molar refractivity (Wildman–Crippen MR) is 132 cm³/mol. The third-order valence-corrected chi connectivity index (χ3v) is 8.13. The largest absolute Gasteiger partial charge is 0.390 e. The first kappa shape index (κ1) is 21.0. The lowest BCUT2D eigenvalue weighted by Gasteiger charge is -2.15. The van der Waals surface area contributed by atoms with E-state index in [0.717, 1.165) is 25.5 Å². The van der Waals surface area contributed by atoms with Crippen LogP contribution < -0.4 is 24.2 Å². The number of benzene rings is 2. The van der Waals surface area contributed by atoms with Crippen molar-refractivity contribution in [3.05, 3.63) is 86.0 Å². The van der Waals surface area contributed by atoms with Crippen LogP contribution in [0, 0.1) is 0 Å². The minimum Gasteiger partial charge on any atom is -0.390 e. The molecule has 0 atom stereocenters. The van der Waals surface area contributed by atoms with Gasteiger partial charge < -0.3 is 10.0 Å². The van der Waals surface area contributed by atoms with E-state index in [1.54, 1.807) is 11.8 Å². The van der Waals surface area contributed by atoms with Crippen molar-refractivity contribution < 1.29 is 9.67 Å². The lowest BCUT2D eigenvalue weighted by Crippen LogP contribution is -2.35. The Morgan fingerprint density at radius 1 is 1.12 bits per heavy atom. The first-order valence-corrected chi connectivity index (χ1v) is 12.2. The zero-order valence-corrected chi connectivity index (χ0v) is 19.6. The summed E-state index contributed by atoms with van der Waals surface area (Å²) < 4.78 is 5.49.